The molecule has 1 aliphatic heterocycles. The van der Waals surface area contributed by atoms with Crippen LogP contribution in [0.1, 0.15) is 62.8 Å². The van der Waals surface area contributed by atoms with Gasteiger partial charge in [0, 0.05) is 28.8 Å². The Labute approximate surface area is 216 Å². The first-order chi connectivity index (χ1) is 17.0. The lowest BCUT2D eigenvalue weighted by Crippen LogP contribution is -2.35. The van der Waals surface area contributed by atoms with E-state index in [4.69, 9.17) is 15.1 Å². The smallest absolute Gasteiger partial charge is 0.223 e. The third-order valence-electron chi connectivity index (χ3n) is 6.23. The van der Waals surface area contributed by atoms with E-state index in [1.807, 2.05) is 20.8 Å². The fourth-order valence-electron chi connectivity index (χ4n) is 4.31. The number of sulfonamides is 1. The number of piperidine rings is 1. The number of thiazole rings is 1. The molecule has 0 spiro atoms. The number of aromatic nitrogens is 3. The van der Waals surface area contributed by atoms with Gasteiger partial charge >= 0.3 is 0 Å². The number of hydrogen-bond acceptors (Lipinski definition) is 8. The molecule has 4 rings (SSSR count). The van der Waals surface area contributed by atoms with Crippen molar-refractivity contribution in [1.82, 2.24) is 20.3 Å². The minimum absolute atomic E-state index is 0.0460. The standard InChI is InChI=1S/C25H33FN6O2S2/c1-5-19(36(27,33)34)16-7-6-8-17(20(16)26)21-22(35-23(32-21)25(2,3)4)18-11-14-29-24(31-18)30-15-9-12-28-13-10-15/h6-8,11,14-15,19,28H,5,9-10,12-13H2,1-4H3,(H2,27,33,34)(H,29,30,31). The summed E-state index contributed by atoms with van der Waals surface area (Å²) >= 11 is 1.45. The molecule has 1 aromatic carbocycles. The van der Waals surface area contributed by atoms with Crippen molar-refractivity contribution in [3.05, 3.63) is 46.9 Å². The molecular formula is C25H33FN6O2S2. The van der Waals surface area contributed by atoms with E-state index in [0.717, 1.165) is 30.9 Å². The van der Waals surface area contributed by atoms with E-state index in [-0.39, 0.29) is 29.0 Å². The summed E-state index contributed by atoms with van der Waals surface area (Å²) in [4.78, 5) is 14.7. The van der Waals surface area contributed by atoms with Gasteiger partial charge in [-0.2, -0.15) is 0 Å². The Balaban J connectivity index is 1.82. The summed E-state index contributed by atoms with van der Waals surface area (Å²) in [5, 5.41) is 11.9. The van der Waals surface area contributed by atoms with Crippen molar-refractivity contribution in [2.45, 2.75) is 63.7 Å². The van der Waals surface area contributed by atoms with Crippen molar-refractivity contribution in [2.75, 3.05) is 18.4 Å². The van der Waals surface area contributed by atoms with E-state index in [9.17, 15) is 8.42 Å². The van der Waals surface area contributed by atoms with Crippen LogP contribution in [-0.4, -0.2) is 42.5 Å². The summed E-state index contributed by atoms with van der Waals surface area (Å²) < 4.78 is 40.2. The fourth-order valence-corrected chi connectivity index (χ4v) is 6.42. The zero-order valence-corrected chi connectivity index (χ0v) is 22.6. The summed E-state index contributed by atoms with van der Waals surface area (Å²) in [6.45, 7) is 9.69. The quantitative estimate of drug-likeness (QED) is 0.406. The Morgan fingerprint density at radius 2 is 1.94 bits per heavy atom. The van der Waals surface area contributed by atoms with Gasteiger partial charge in [-0.3, -0.25) is 0 Å². The second-order valence-electron chi connectivity index (χ2n) is 10.1. The molecule has 1 aliphatic rings. The van der Waals surface area contributed by atoms with Crippen LogP contribution in [0.2, 0.25) is 0 Å². The molecule has 1 fully saturated rings. The number of primary sulfonamides is 1. The molecule has 3 heterocycles. The van der Waals surface area contributed by atoms with Crippen molar-refractivity contribution in [3.8, 4) is 21.8 Å². The molecule has 4 N–H and O–H groups in total. The number of benzene rings is 1. The van der Waals surface area contributed by atoms with E-state index in [2.05, 4.69) is 15.6 Å². The fraction of sp³-hybridized carbons (Fsp3) is 0.480. The van der Waals surface area contributed by atoms with Crippen LogP contribution in [0.4, 0.5) is 10.3 Å². The minimum atomic E-state index is -3.98. The molecule has 0 amide bonds. The lowest BCUT2D eigenvalue weighted by atomic mass is 9.98. The maximum Gasteiger partial charge on any atom is 0.223 e. The summed E-state index contributed by atoms with van der Waals surface area (Å²) in [5.74, 6) is -0.113. The SMILES string of the molecule is CCC(c1cccc(-c2nc(C(C)(C)C)sc2-c2ccnc(NC3CCNCC3)n2)c1F)S(N)(=O)=O. The second kappa shape index (κ2) is 10.5. The number of anilines is 1. The third kappa shape index (κ3) is 5.74. The predicted molar refractivity (Wildman–Crippen MR) is 143 cm³/mol. The summed E-state index contributed by atoms with van der Waals surface area (Å²) in [6, 6.07) is 6.81. The normalized spacial score (nSPS) is 16.2. The molecule has 0 aliphatic carbocycles. The van der Waals surface area contributed by atoms with E-state index in [1.54, 1.807) is 31.3 Å². The van der Waals surface area contributed by atoms with Crippen molar-refractivity contribution < 1.29 is 12.8 Å². The molecule has 1 saturated heterocycles. The lowest BCUT2D eigenvalue weighted by Gasteiger charge is -2.23. The van der Waals surface area contributed by atoms with Gasteiger partial charge in [-0.15, -0.1) is 11.3 Å². The maximum absolute atomic E-state index is 15.9. The van der Waals surface area contributed by atoms with Crippen LogP contribution in [0.5, 0.6) is 0 Å². The van der Waals surface area contributed by atoms with Gasteiger partial charge in [-0.25, -0.2) is 32.9 Å². The first-order valence-electron chi connectivity index (χ1n) is 12.1. The number of halogens is 1. The average Bonchev–Trinajstić information content (AvgIpc) is 3.27. The highest BCUT2D eigenvalue weighted by atomic mass is 32.2. The highest BCUT2D eigenvalue weighted by Gasteiger charge is 2.29. The van der Waals surface area contributed by atoms with Crippen LogP contribution in [-0.2, 0) is 15.4 Å². The van der Waals surface area contributed by atoms with Gasteiger partial charge in [0.15, 0.2) is 0 Å². The summed E-state index contributed by atoms with van der Waals surface area (Å²) in [6.07, 6.45) is 3.81. The van der Waals surface area contributed by atoms with Crippen LogP contribution < -0.4 is 15.8 Å². The summed E-state index contributed by atoms with van der Waals surface area (Å²) in [5.41, 5.74) is 1.06. The van der Waals surface area contributed by atoms with Crippen LogP contribution in [0.3, 0.4) is 0 Å². The molecule has 1 atom stereocenters. The van der Waals surface area contributed by atoms with Gasteiger partial charge in [0.1, 0.15) is 11.1 Å². The molecule has 0 bridgehead atoms. The van der Waals surface area contributed by atoms with E-state index >= 15 is 4.39 Å². The lowest BCUT2D eigenvalue weighted by molar-refractivity contribution is 0.477. The van der Waals surface area contributed by atoms with E-state index < -0.39 is 21.1 Å². The molecule has 36 heavy (non-hydrogen) atoms. The molecule has 11 heteroatoms. The molecule has 8 nitrogen and oxygen atoms in total. The van der Waals surface area contributed by atoms with E-state index in [1.165, 1.54) is 17.4 Å². The first kappa shape index (κ1) is 26.6. The van der Waals surface area contributed by atoms with Crippen LogP contribution in [0, 0.1) is 5.82 Å². The molecular weight excluding hydrogens is 499 g/mol. The Morgan fingerprint density at radius 3 is 2.58 bits per heavy atom. The largest absolute Gasteiger partial charge is 0.351 e. The first-order valence-corrected chi connectivity index (χ1v) is 14.5. The maximum atomic E-state index is 15.9. The van der Waals surface area contributed by atoms with Crippen molar-refractivity contribution in [1.29, 1.82) is 0 Å². The van der Waals surface area contributed by atoms with Gasteiger partial charge < -0.3 is 10.6 Å². The average molecular weight is 533 g/mol. The van der Waals surface area contributed by atoms with Gasteiger partial charge in [0.05, 0.1) is 21.3 Å². The number of nitrogens with one attached hydrogen (secondary N) is 2. The van der Waals surface area contributed by atoms with Crippen molar-refractivity contribution in [2.24, 2.45) is 5.14 Å². The van der Waals surface area contributed by atoms with Gasteiger partial charge in [0.2, 0.25) is 16.0 Å². The third-order valence-corrected chi connectivity index (χ3v) is 9.11. The highest BCUT2D eigenvalue weighted by molar-refractivity contribution is 7.89. The number of nitrogens with two attached hydrogens (primary N) is 1. The van der Waals surface area contributed by atoms with E-state index in [0.29, 0.717) is 22.2 Å². The number of rotatable bonds is 7. The topological polar surface area (TPSA) is 123 Å². The van der Waals surface area contributed by atoms with Gasteiger partial charge in [-0.05, 0) is 44.5 Å². The molecule has 2 aromatic heterocycles. The molecule has 194 valence electrons. The Morgan fingerprint density at radius 1 is 1.22 bits per heavy atom. The van der Waals surface area contributed by atoms with Crippen LogP contribution >= 0.6 is 11.3 Å². The van der Waals surface area contributed by atoms with Gasteiger partial charge in [-0.1, -0.05) is 39.8 Å². The molecule has 0 saturated carbocycles. The number of nitrogens with zero attached hydrogens (tertiary/aromatic N) is 3. The molecule has 1 unspecified atom stereocenters. The number of hydrogen-bond donors (Lipinski definition) is 3. The van der Waals surface area contributed by atoms with Crippen molar-refractivity contribution >= 4 is 27.3 Å². The summed E-state index contributed by atoms with van der Waals surface area (Å²) in [7, 11) is -3.98. The van der Waals surface area contributed by atoms with Crippen LogP contribution in [0.15, 0.2) is 30.5 Å². The second-order valence-corrected chi connectivity index (χ2v) is 12.8. The zero-order chi connectivity index (χ0) is 26.1. The Kier molecular flexibility index (Phi) is 7.75. The zero-order valence-electron chi connectivity index (χ0n) is 21.0. The molecule has 3 aromatic rings. The van der Waals surface area contributed by atoms with Crippen LogP contribution in [0.25, 0.3) is 21.8 Å². The predicted octanol–water partition coefficient (Wildman–Crippen LogP) is 4.61. The molecule has 0 radical (unpaired) electrons. The minimum Gasteiger partial charge on any atom is -0.351 e. The Bertz CT molecular complexity index is 1330. The van der Waals surface area contributed by atoms with Crippen molar-refractivity contribution in [3.63, 3.8) is 0 Å². The van der Waals surface area contributed by atoms with Gasteiger partial charge in [0.25, 0.3) is 0 Å². The highest BCUT2D eigenvalue weighted by Crippen LogP contribution is 2.42. The Hall–Kier alpha value is -2.47. The monoisotopic (exact) mass is 532 g/mol.